The molecule has 1 aliphatic rings. The Morgan fingerprint density at radius 2 is 1.59 bits per heavy atom. The van der Waals surface area contributed by atoms with Crippen molar-refractivity contribution in [1.82, 2.24) is 0 Å². The third-order valence-electron chi connectivity index (χ3n) is 2.72. The van der Waals surface area contributed by atoms with Gasteiger partial charge in [-0.2, -0.15) is 0 Å². The first-order chi connectivity index (χ1) is 7.52. The van der Waals surface area contributed by atoms with Crippen molar-refractivity contribution in [2.24, 2.45) is 11.8 Å². The zero-order valence-electron chi connectivity index (χ0n) is 8.72. The van der Waals surface area contributed by atoms with Gasteiger partial charge in [0.2, 0.25) is 0 Å². The summed E-state index contributed by atoms with van der Waals surface area (Å²) < 4.78 is 4.52. The Morgan fingerprint density at radius 1 is 1.06 bits per heavy atom. The fourth-order valence-electron chi connectivity index (χ4n) is 1.95. The number of esters is 1. The fourth-order valence-corrected chi connectivity index (χ4v) is 1.95. The molecule has 2 unspecified atom stereocenters. The summed E-state index contributed by atoms with van der Waals surface area (Å²) in [6.45, 7) is -0.707. The summed E-state index contributed by atoms with van der Waals surface area (Å²) in [7, 11) is 0. The summed E-state index contributed by atoms with van der Waals surface area (Å²) in [6.07, 6.45) is 2.45. The molecule has 1 fully saturated rings. The van der Waals surface area contributed by atoms with Gasteiger partial charge in [0.05, 0.1) is 11.8 Å². The van der Waals surface area contributed by atoms with Gasteiger partial charge in [-0.3, -0.25) is 9.59 Å². The van der Waals surface area contributed by atoms with Crippen molar-refractivity contribution < 1.29 is 29.3 Å². The Labute approximate surface area is 121 Å². The van der Waals surface area contributed by atoms with E-state index in [0.29, 0.717) is 12.8 Å². The second-order valence-electron chi connectivity index (χ2n) is 3.84. The molecule has 1 rings (SSSR count). The maximum absolute atomic E-state index is 11.5. The molecule has 0 aromatic rings. The van der Waals surface area contributed by atoms with Gasteiger partial charge in [-0.1, -0.05) is 12.8 Å². The molecule has 92 valence electrons. The summed E-state index contributed by atoms with van der Waals surface area (Å²) in [6, 6.07) is 0. The Morgan fingerprint density at radius 3 is 2.06 bits per heavy atom. The fraction of sp³-hybridized carbons (Fsp3) is 0.700. The van der Waals surface area contributed by atoms with E-state index in [1.54, 1.807) is 0 Å². The molecule has 0 aromatic heterocycles. The molecule has 0 saturated heterocycles. The number of carbonyl (C=O) groups is 3. The number of rotatable bonds is 4. The zero-order valence-corrected chi connectivity index (χ0v) is 8.72. The molecule has 1 saturated carbocycles. The monoisotopic (exact) mass is 254 g/mol. The molecule has 17 heavy (non-hydrogen) atoms. The van der Waals surface area contributed by atoms with Crippen molar-refractivity contribution in [2.45, 2.75) is 25.7 Å². The normalized spacial score (nSPS) is 23.3. The molecule has 0 bridgehead atoms. The first-order valence-corrected chi connectivity index (χ1v) is 5.13. The third kappa shape index (κ3) is 5.06. The molecule has 0 radical (unpaired) electrons. The van der Waals surface area contributed by atoms with Gasteiger partial charge >= 0.3 is 47.5 Å². The quantitative estimate of drug-likeness (QED) is 0.534. The molecule has 6 nitrogen and oxygen atoms in total. The van der Waals surface area contributed by atoms with Crippen LogP contribution in [0.3, 0.4) is 0 Å². The summed E-state index contributed by atoms with van der Waals surface area (Å²) in [5, 5.41) is 17.3. The van der Waals surface area contributed by atoms with Gasteiger partial charge in [0.1, 0.15) is 0 Å². The Bertz CT molecular complexity index is 303. The minimum atomic E-state index is -1.24. The molecule has 2 N–H and O–H groups in total. The average molecular weight is 254 g/mol. The van der Waals surface area contributed by atoms with Crippen molar-refractivity contribution in [3.63, 3.8) is 0 Å². The van der Waals surface area contributed by atoms with Crippen molar-refractivity contribution in [3.05, 3.63) is 0 Å². The Hall–Kier alpha value is -0.590. The first-order valence-electron chi connectivity index (χ1n) is 5.13. The second-order valence-corrected chi connectivity index (χ2v) is 3.84. The number of ether oxygens (including phenoxy) is 1. The molecule has 0 heterocycles. The van der Waals surface area contributed by atoms with E-state index >= 15 is 0 Å². The number of hydrogen-bond donors (Lipinski definition) is 2. The predicted octanol–water partition coefficient (Wildman–Crippen LogP) is -0.143. The molecule has 0 spiro atoms. The zero-order chi connectivity index (χ0) is 12.1. The van der Waals surface area contributed by atoms with Crippen molar-refractivity contribution in [3.8, 4) is 0 Å². The van der Waals surface area contributed by atoms with E-state index in [1.807, 2.05) is 0 Å². The van der Waals surface area contributed by atoms with Crippen LogP contribution >= 0.6 is 0 Å². The van der Waals surface area contributed by atoms with Crippen molar-refractivity contribution >= 4 is 47.5 Å². The van der Waals surface area contributed by atoms with E-state index in [-0.39, 0.29) is 29.6 Å². The van der Waals surface area contributed by atoms with Crippen LogP contribution in [0.15, 0.2) is 0 Å². The van der Waals surface area contributed by atoms with E-state index in [0.717, 1.165) is 12.8 Å². The molecule has 2 atom stereocenters. The molecular formula is C10H15NaO6. The molecule has 1 aliphatic carbocycles. The van der Waals surface area contributed by atoms with Gasteiger partial charge in [0, 0.05) is 0 Å². The Kier molecular flexibility index (Phi) is 7.41. The third-order valence-corrected chi connectivity index (χ3v) is 2.72. The summed E-state index contributed by atoms with van der Waals surface area (Å²) in [4.78, 5) is 32.6. The van der Waals surface area contributed by atoms with Crippen LogP contribution in [0, 0.1) is 11.8 Å². The van der Waals surface area contributed by atoms with Gasteiger partial charge < -0.3 is 14.9 Å². The van der Waals surface area contributed by atoms with Gasteiger partial charge in [0.25, 0.3) is 0 Å². The first kappa shape index (κ1) is 16.4. The van der Waals surface area contributed by atoms with E-state index < -0.39 is 36.4 Å². The van der Waals surface area contributed by atoms with Gasteiger partial charge in [-0.25, -0.2) is 4.79 Å². The van der Waals surface area contributed by atoms with Crippen LogP contribution in [-0.2, 0) is 19.1 Å². The Balaban J connectivity index is 0.00000256. The van der Waals surface area contributed by atoms with E-state index in [4.69, 9.17) is 10.2 Å². The van der Waals surface area contributed by atoms with Crippen molar-refractivity contribution in [1.29, 1.82) is 0 Å². The van der Waals surface area contributed by atoms with Crippen LogP contribution in [0.25, 0.3) is 0 Å². The number of carboxylic acids is 2. The van der Waals surface area contributed by atoms with E-state index in [2.05, 4.69) is 4.74 Å². The number of aliphatic carboxylic acids is 2. The van der Waals surface area contributed by atoms with Crippen LogP contribution in [-0.4, -0.2) is 64.3 Å². The summed E-state index contributed by atoms with van der Waals surface area (Å²) in [5.74, 6) is -4.41. The summed E-state index contributed by atoms with van der Waals surface area (Å²) >= 11 is 0. The molecule has 7 heteroatoms. The van der Waals surface area contributed by atoms with Crippen molar-refractivity contribution in [2.75, 3.05) is 6.61 Å². The topological polar surface area (TPSA) is 101 Å². The number of hydrogen-bond acceptors (Lipinski definition) is 4. The maximum atomic E-state index is 11.5. The SMILES string of the molecule is O=C(O)COC(=O)C1CCCCC1C(=O)O.[NaH]. The molecule has 0 amide bonds. The average Bonchev–Trinajstić information content (AvgIpc) is 2.25. The molecular weight excluding hydrogens is 239 g/mol. The van der Waals surface area contributed by atoms with E-state index in [1.165, 1.54) is 0 Å². The van der Waals surface area contributed by atoms with Crippen LogP contribution in [0.1, 0.15) is 25.7 Å². The summed E-state index contributed by atoms with van der Waals surface area (Å²) in [5.41, 5.74) is 0. The van der Waals surface area contributed by atoms with E-state index in [9.17, 15) is 14.4 Å². The standard InChI is InChI=1S/C10H14O6.Na.H/c11-8(12)5-16-10(15)7-4-2-1-3-6(7)9(13)14;;/h6-7H,1-5H2,(H,11,12)(H,13,14);;. The van der Waals surface area contributed by atoms with Gasteiger partial charge in [0.15, 0.2) is 6.61 Å². The van der Waals surface area contributed by atoms with Crippen LogP contribution < -0.4 is 0 Å². The van der Waals surface area contributed by atoms with Gasteiger partial charge in [-0.15, -0.1) is 0 Å². The van der Waals surface area contributed by atoms with Crippen LogP contribution in [0.2, 0.25) is 0 Å². The van der Waals surface area contributed by atoms with Gasteiger partial charge in [-0.05, 0) is 12.8 Å². The number of carbonyl (C=O) groups excluding carboxylic acids is 1. The predicted molar refractivity (Wildman–Crippen MR) is 58.8 cm³/mol. The van der Waals surface area contributed by atoms with Crippen LogP contribution in [0.4, 0.5) is 0 Å². The molecule has 0 aliphatic heterocycles. The number of carboxylic acid groups (broad SMARTS) is 2. The molecule has 0 aromatic carbocycles. The minimum absolute atomic E-state index is 0. The second kappa shape index (κ2) is 7.68. The van der Waals surface area contributed by atoms with Crippen LogP contribution in [0.5, 0.6) is 0 Å².